The average molecular weight is 362 g/mol. The summed E-state index contributed by atoms with van der Waals surface area (Å²) in [5, 5.41) is 3.41. The molecule has 0 spiro atoms. The van der Waals surface area contributed by atoms with Gasteiger partial charge in [0.15, 0.2) is 16.6 Å². The Balaban J connectivity index is 1.37. The SMILES string of the molecule is CC1CCCC(OCC(=O)Nc2nc3cc4c(cc3s2)OCCO4)C1. The number of anilines is 1. The van der Waals surface area contributed by atoms with Gasteiger partial charge in [-0.15, -0.1) is 0 Å². The van der Waals surface area contributed by atoms with Gasteiger partial charge in [0.2, 0.25) is 0 Å². The number of ether oxygens (including phenoxy) is 3. The minimum Gasteiger partial charge on any atom is -0.486 e. The zero-order chi connectivity index (χ0) is 17.2. The lowest BCUT2D eigenvalue weighted by atomic mass is 9.89. The number of aromatic nitrogens is 1. The largest absolute Gasteiger partial charge is 0.486 e. The van der Waals surface area contributed by atoms with E-state index in [1.807, 2.05) is 12.1 Å². The summed E-state index contributed by atoms with van der Waals surface area (Å²) < 4.78 is 17.9. The van der Waals surface area contributed by atoms with Gasteiger partial charge in [-0.3, -0.25) is 10.1 Å². The van der Waals surface area contributed by atoms with E-state index in [0.29, 0.717) is 30.0 Å². The second-order valence-electron chi connectivity index (χ2n) is 6.74. The maximum atomic E-state index is 12.2. The van der Waals surface area contributed by atoms with Crippen LogP contribution in [0.15, 0.2) is 12.1 Å². The van der Waals surface area contributed by atoms with Crippen molar-refractivity contribution in [3.8, 4) is 11.5 Å². The first-order valence-electron chi connectivity index (χ1n) is 8.79. The van der Waals surface area contributed by atoms with Crippen molar-refractivity contribution in [3.63, 3.8) is 0 Å². The minimum atomic E-state index is -0.158. The summed E-state index contributed by atoms with van der Waals surface area (Å²) in [5.41, 5.74) is 0.798. The zero-order valence-corrected chi connectivity index (χ0v) is 15.1. The van der Waals surface area contributed by atoms with E-state index in [4.69, 9.17) is 14.2 Å². The Kier molecular flexibility index (Phi) is 4.76. The number of thiazole rings is 1. The second kappa shape index (κ2) is 7.17. The molecular formula is C18H22N2O4S. The Morgan fingerprint density at radius 3 is 2.92 bits per heavy atom. The van der Waals surface area contributed by atoms with Gasteiger partial charge < -0.3 is 14.2 Å². The van der Waals surface area contributed by atoms with E-state index < -0.39 is 0 Å². The molecular weight excluding hydrogens is 340 g/mol. The van der Waals surface area contributed by atoms with Crippen LogP contribution in [-0.2, 0) is 9.53 Å². The average Bonchev–Trinajstić information content (AvgIpc) is 2.99. The minimum absolute atomic E-state index is 0.0794. The van der Waals surface area contributed by atoms with Crippen LogP contribution in [0.2, 0.25) is 0 Å². The molecule has 1 aliphatic carbocycles. The lowest BCUT2D eigenvalue weighted by Gasteiger charge is -2.26. The molecule has 2 atom stereocenters. The predicted octanol–water partition coefficient (Wildman–Crippen LogP) is 3.60. The Hall–Kier alpha value is -1.86. The summed E-state index contributed by atoms with van der Waals surface area (Å²) in [6.07, 6.45) is 4.73. The summed E-state index contributed by atoms with van der Waals surface area (Å²) in [7, 11) is 0. The Morgan fingerprint density at radius 1 is 1.32 bits per heavy atom. The smallest absolute Gasteiger partial charge is 0.252 e. The number of benzene rings is 1. The van der Waals surface area contributed by atoms with Crippen LogP contribution >= 0.6 is 11.3 Å². The van der Waals surface area contributed by atoms with Crippen molar-refractivity contribution in [2.24, 2.45) is 5.92 Å². The Labute approximate surface area is 150 Å². The van der Waals surface area contributed by atoms with Crippen molar-refractivity contribution in [2.75, 3.05) is 25.1 Å². The summed E-state index contributed by atoms with van der Waals surface area (Å²) in [5.74, 6) is 1.96. The highest BCUT2D eigenvalue weighted by Gasteiger charge is 2.21. The van der Waals surface area contributed by atoms with E-state index in [2.05, 4.69) is 17.2 Å². The van der Waals surface area contributed by atoms with Crippen LogP contribution in [0.25, 0.3) is 10.2 Å². The lowest BCUT2D eigenvalue weighted by Crippen LogP contribution is -2.26. The predicted molar refractivity (Wildman–Crippen MR) is 96.6 cm³/mol. The number of hydrogen-bond donors (Lipinski definition) is 1. The molecule has 1 aromatic heterocycles. The van der Waals surface area contributed by atoms with E-state index in [1.165, 1.54) is 24.2 Å². The van der Waals surface area contributed by atoms with E-state index in [0.717, 1.165) is 28.8 Å². The van der Waals surface area contributed by atoms with Gasteiger partial charge in [0.1, 0.15) is 19.8 Å². The first kappa shape index (κ1) is 16.6. The maximum absolute atomic E-state index is 12.2. The highest BCUT2D eigenvalue weighted by molar-refractivity contribution is 7.22. The third kappa shape index (κ3) is 3.88. The number of amides is 1. The van der Waals surface area contributed by atoms with Crippen molar-refractivity contribution in [1.29, 1.82) is 0 Å². The first-order chi connectivity index (χ1) is 12.2. The van der Waals surface area contributed by atoms with Gasteiger partial charge in [0.05, 0.1) is 16.3 Å². The second-order valence-corrected chi connectivity index (χ2v) is 7.77. The fraction of sp³-hybridized carbons (Fsp3) is 0.556. The summed E-state index contributed by atoms with van der Waals surface area (Å²) in [4.78, 5) is 16.6. The number of nitrogens with zero attached hydrogens (tertiary/aromatic N) is 1. The van der Waals surface area contributed by atoms with Crippen molar-refractivity contribution in [2.45, 2.75) is 38.7 Å². The summed E-state index contributed by atoms with van der Waals surface area (Å²) in [6.45, 7) is 3.42. The van der Waals surface area contributed by atoms with Crippen LogP contribution in [0.5, 0.6) is 11.5 Å². The van der Waals surface area contributed by atoms with Gasteiger partial charge in [0.25, 0.3) is 5.91 Å². The first-order valence-corrected chi connectivity index (χ1v) is 9.60. The van der Waals surface area contributed by atoms with Gasteiger partial charge in [0, 0.05) is 12.1 Å². The van der Waals surface area contributed by atoms with Gasteiger partial charge in [-0.25, -0.2) is 4.98 Å². The molecule has 2 unspecified atom stereocenters. The van der Waals surface area contributed by atoms with Crippen LogP contribution in [-0.4, -0.2) is 36.8 Å². The van der Waals surface area contributed by atoms with Crippen LogP contribution in [0.3, 0.4) is 0 Å². The van der Waals surface area contributed by atoms with Crippen molar-refractivity contribution in [3.05, 3.63) is 12.1 Å². The molecule has 6 nitrogen and oxygen atoms in total. The van der Waals surface area contributed by atoms with Crippen LogP contribution < -0.4 is 14.8 Å². The highest BCUT2D eigenvalue weighted by atomic mass is 32.1. The monoisotopic (exact) mass is 362 g/mol. The van der Waals surface area contributed by atoms with E-state index in [1.54, 1.807) is 0 Å². The fourth-order valence-corrected chi connectivity index (χ4v) is 4.29. The number of carbonyl (C=O) groups is 1. The molecule has 1 saturated carbocycles. The summed E-state index contributed by atoms with van der Waals surface area (Å²) in [6, 6.07) is 3.77. The number of fused-ring (bicyclic) bond motifs is 2. The number of hydrogen-bond acceptors (Lipinski definition) is 6. The molecule has 0 bridgehead atoms. The van der Waals surface area contributed by atoms with E-state index in [9.17, 15) is 4.79 Å². The third-order valence-corrected chi connectivity index (χ3v) is 5.57. The Bertz CT molecular complexity index is 733. The molecule has 4 rings (SSSR count). The number of carbonyl (C=O) groups excluding carboxylic acids is 1. The summed E-state index contributed by atoms with van der Waals surface area (Å²) >= 11 is 1.43. The number of nitrogens with one attached hydrogen (secondary N) is 1. The van der Waals surface area contributed by atoms with Crippen LogP contribution in [0.1, 0.15) is 32.6 Å². The van der Waals surface area contributed by atoms with Gasteiger partial charge in [-0.2, -0.15) is 0 Å². The van der Waals surface area contributed by atoms with Gasteiger partial charge in [-0.05, 0) is 18.8 Å². The third-order valence-electron chi connectivity index (χ3n) is 4.64. The van der Waals surface area contributed by atoms with E-state index >= 15 is 0 Å². The molecule has 7 heteroatoms. The molecule has 2 aliphatic rings. The molecule has 2 aromatic rings. The molecule has 2 heterocycles. The van der Waals surface area contributed by atoms with Gasteiger partial charge in [-0.1, -0.05) is 31.1 Å². The zero-order valence-electron chi connectivity index (χ0n) is 14.2. The van der Waals surface area contributed by atoms with Crippen LogP contribution in [0.4, 0.5) is 5.13 Å². The van der Waals surface area contributed by atoms with Crippen LogP contribution in [0, 0.1) is 5.92 Å². The van der Waals surface area contributed by atoms with Crippen molar-refractivity contribution >= 4 is 32.6 Å². The standard InChI is InChI=1S/C18H22N2O4S/c1-11-3-2-4-12(7-11)24-10-17(21)20-18-19-13-8-14-15(9-16(13)25-18)23-6-5-22-14/h8-9,11-12H,2-7,10H2,1H3,(H,19,20,21). The number of rotatable bonds is 4. The Morgan fingerprint density at radius 2 is 2.12 bits per heavy atom. The molecule has 1 aliphatic heterocycles. The normalized spacial score (nSPS) is 22.8. The molecule has 1 N–H and O–H groups in total. The maximum Gasteiger partial charge on any atom is 0.252 e. The van der Waals surface area contributed by atoms with E-state index in [-0.39, 0.29) is 18.6 Å². The fourth-order valence-electron chi connectivity index (χ4n) is 3.40. The topological polar surface area (TPSA) is 69.7 Å². The van der Waals surface area contributed by atoms with Crippen molar-refractivity contribution < 1.29 is 19.0 Å². The highest BCUT2D eigenvalue weighted by Crippen LogP contribution is 2.37. The molecule has 134 valence electrons. The van der Waals surface area contributed by atoms with Gasteiger partial charge >= 0.3 is 0 Å². The quantitative estimate of drug-likeness (QED) is 0.900. The molecule has 0 saturated heterocycles. The molecule has 0 radical (unpaired) electrons. The molecule has 25 heavy (non-hydrogen) atoms. The molecule has 1 aromatic carbocycles. The lowest BCUT2D eigenvalue weighted by molar-refractivity contribution is -0.123. The molecule has 1 amide bonds. The molecule has 1 fully saturated rings. The van der Waals surface area contributed by atoms with Crippen molar-refractivity contribution in [1.82, 2.24) is 4.98 Å².